The van der Waals surface area contributed by atoms with Crippen molar-refractivity contribution in [3.05, 3.63) is 0 Å². The summed E-state index contributed by atoms with van der Waals surface area (Å²) >= 11 is 0. The van der Waals surface area contributed by atoms with Gasteiger partial charge in [0.05, 0.1) is 0 Å². The van der Waals surface area contributed by atoms with E-state index in [1.165, 1.54) is 0 Å². The highest BCUT2D eigenvalue weighted by Gasteiger charge is 2.23. The van der Waals surface area contributed by atoms with Gasteiger partial charge in [-0.05, 0) is 19.3 Å². The first-order valence-corrected chi connectivity index (χ1v) is 6.12. The molecule has 1 atom stereocenters. The summed E-state index contributed by atoms with van der Waals surface area (Å²) in [6.45, 7) is 9.54. The van der Waals surface area contributed by atoms with E-state index in [2.05, 4.69) is 20.8 Å². The summed E-state index contributed by atoms with van der Waals surface area (Å²) in [6.07, 6.45) is 2.93. The standard InChI is InChI=1S/C12H26N2O/c1-5-10(4)12(15)14(9-8-13)11(6-2)7-3/h10-11H,5-9,13H2,1-4H3. The van der Waals surface area contributed by atoms with E-state index in [9.17, 15) is 4.79 Å². The Bertz CT molecular complexity index is 178. The minimum atomic E-state index is 0.122. The lowest BCUT2D eigenvalue weighted by Crippen LogP contribution is -2.45. The van der Waals surface area contributed by atoms with Gasteiger partial charge in [0, 0.05) is 25.0 Å². The van der Waals surface area contributed by atoms with Gasteiger partial charge in [0.15, 0.2) is 0 Å². The summed E-state index contributed by atoms with van der Waals surface area (Å²) < 4.78 is 0. The number of carbonyl (C=O) groups excluding carboxylic acids is 1. The van der Waals surface area contributed by atoms with Crippen LogP contribution in [0.25, 0.3) is 0 Å². The largest absolute Gasteiger partial charge is 0.338 e. The molecule has 0 aliphatic heterocycles. The molecule has 0 bridgehead atoms. The van der Waals surface area contributed by atoms with Gasteiger partial charge in [-0.2, -0.15) is 0 Å². The number of nitrogens with zero attached hydrogens (tertiary/aromatic N) is 1. The lowest BCUT2D eigenvalue weighted by atomic mass is 10.0. The molecule has 90 valence electrons. The van der Waals surface area contributed by atoms with Gasteiger partial charge in [0.25, 0.3) is 0 Å². The molecule has 0 aliphatic rings. The second-order valence-electron chi connectivity index (χ2n) is 4.10. The van der Waals surface area contributed by atoms with Gasteiger partial charge in [-0.3, -0.25) is 4.79 Å². The van der Waals surface area contributed by atoms with Gasteiger partial charge >= 0.3 is 0 Å². The topological polar surface area (TPSA) is 46.3 Å². The molecule has 3 heteroatoms. The second kappa shape index (κ2) is 7.69. The molecule has 3 nitrogen and oxygen atoms in total. The van der Waals surface area contributed by atoms with E-state index in [-0.39, 0.29) is 11.8 Å². The highest BCUT2D eigenvalue weighted by atomic mass is 16.2. The summed E-state index contributed by atoms with van der Waals surface area (Å²) in [7, 11) is 0. The van der Waals surface area contributed by atoms with Crippen LogP contribution in [0.5, 0.6) is 0 Å². The molecule has 0 saturated carbocycles. The molecule has 1 unspecified atom stereocenters. The maximum Gasteiger partial charge on any atom is 0.225 e. The van der Waals surface area contributed by atoms with E-state index < -0.39 is 0 Å². The number of hydrogen-bond donors (Lipinski definition) is 1. The highest BCUT2D eigenvalue weighted by molar-refractivity contribution is 5.78. The average Bonchev–Trinajstić information content (AvgIpc) is 2.27. The summed E-state index contributed by atoms with van der Waals surface area (Å²) in [5, 5.41) is 0. The van der Waals surface area contributed by atoms with Gasteiger partial charge in [-0.15, -0.1) is 0 Å². The summed E-state index contributed by atoms with van der Waals surface area (Å²) in [6, 6.07) is 0.357. The Morgan fingerprint density at radius 1 is 1.20 bits per heavy atom. The van der Waals surface area contributed by atoms with Crippen LogP contribution in [-0.4, -0.2) is 29.9 Å². The molecular formula is C12H26N2O. The second-order valence-corrected chi connectivity index (χ2v) is 4.10. The van der Waals surface area contributed by atoms with Crippen molar-refractivity contribution in [2.24, 2.45) is 11.7 Å². The van der Waals surface area contributed by atoms with Gasteiger partial charge in [0.2, 0.25) is 5.91 Å². The predicted molar refractivity (Wildman–Crippen MR) is 64.6 cm³/mol. The lowest BCUT2D eigenvalue weighted by Gasteiger charge is -2.32. The van der Waals surface area contributed by atoms with E-state index in [1.807, 2.05) is 11.8 Å². The molecule has 0 aromatic heterocycles. The van der Waals surface area contributed by atoms with Crippen LogP contribution in [0.15, 0.2) is 0 Å². The molecule has 15 heavy (non-hydrogen) atoms. The highest BCUT2D eigenvalue weighted by Crippen LogP contribution is 2.14. The van der Waals surface area contributed by atoms with Crippen molar-refractivity contribution in [3.63, 3.8) is 0 Å². The average molecular weight is 214 g/mol. The Labute approximate surface area is 94.0 Å². The summed E-state index contributed by atoms with van der Waals surface area (Å²) in [5.41, 5.74) is 5.56. The fourth-order valence-electron chi connectivity index (χ4n) is 1.80. The number of nitrogens with two attached hydrogens (primary N) is 1. The Morgan fingerprint density at radius 3 is 2.07 bits per heavy atom. The lowest BCUT2D eigenvalue weighted by molar-refractivity contribution is -0.137. The number of rotatable bonds is 7. The molecule has 0 aromatic carbocycles. The van der Waals surface area contributed by atoms with Crippen molar-refractivity contribution in [1.82, 2.24) is 4.90 Å². The minimum Gasteiger partial charge on any atom is -0.338 e. The Balaban J connectivity index is 4.55. The molecule has 0 saturated heterocycles. The van der Waals surface area contributed by atoms with Crippen molar-refractivity contribution < 1.29 is 4.79 Å². The zero-order valence-corrected chi connectivity index (χ0v) is 10.6. The van der Waals surface area contributed by atoms with E-state index >= 15 is 0 Å². The summed E-state index contributed by atoms with van der Waals surface area (Å²) in [5.74, 6) is 0.383. The Kier molecular flexibility index (Phi) is 7.39. The van der Waals surface area contributed by atoms with Gasteiger partial charge in [-0.25, -0.2) is 0 Å². The predicted octanol–water partition coefficient (Wildman–Crippen LogP) is 2.01. The van der Waals surface area contributed by atoms with Crippen molar-refractivity contribution in [2.75, 3.05) is 13.1 Å². The normalized spacial score (nSPS) is 12.9. The monoisotopic (exact) mass is 214 g/mol. The first kappa shape index (κ1) is 14.4. The van der Waals surface area contributed by atoms with Crippen LogP contribution < -0.4 is 5.73 Å². The van der Waals surface area contributed by atoms with E-state index in [0.717, 1.165) is 19.3 Å². The fourth-order valence-corrected chi connectivity index (χ4v) is 1.80. The molecule has 2 N–H and O–H groups in total. The third-order valence-corrected chi connectivity index (χ3v) is 3.07. The molecule has 0 spiro atoms. The smallest absolute Gasteiger partial charge is 0.225 e. The van der Waals surface area contributed by atoms with Crippen LogP contribution in [0.1, 0.15) is 47.0 Å². The molecule has 0 aromatic rings. The fraction of sp³-hybridized carbons (Fsp3) is 0.917. The van der Waals surface area contributed by atoms with Crippen molar-refractivity contribution in [1.29, 1.82) is 0 Å². The molecular weight excluding hydrogens is 188 g/mol. The van der Waals surface area contributed by atoms with E-state index in [4.69, 9.17) is 5.73 Å². The number of hydrogen-bond acceptors (Lipinski definition) is 2. The van der Waals surface area contributed by atoms with Crippen LogP contribution in [0.3, 0.4) is 0 Å². The number of carbonyl (C=O) groups is 1. The molecule has 0 heterocycles. The van der Waals surface area contributed by atoms with Crippen LogP contribution in [0.2, 0.25) is 0 Å². The molecule has 0 fully saturated rings. The SMILES string of the molecule is CCC(C)C(=O)N(CCN)C(CC)CC. The third-order valence-electron chi connectivity index (χ3n) is 3.07. The van der Waals surface area contributed by atoms with Crippen LogP contribution in [0, 0.1) is 5.92 Å². The Morgan fingerprint density at radius 2 is 1.73 bits per heavy atom. The maximum atomic E-state index is 12.1. The molecule has 1 amide bonds. The quantitative estimate of drug-likeness (QED) is 0.704. The summed E-state index contributed by atoms with van der Waals surface area (Å²) in [4.78, 5) is 14.1. The molecule has 0 rings (SSSR count). The first-order chi connectivity index (χ1) is 7.12. The van der Waals surface area contributed by atoms with Crippen LogP contribution >= 0.6 is 0 Å². The van der Waals surface area contributed by atoms with Gasteiger partial charge in [0.1, 0.15) is 0 Å². The maximum absolute atomic E-state index is 12.1. The number of amides is 1. The van der Waals surface area contributed by atoms with Gasteiger partial charge in [-0.1, -0.05) is 27.7 Å². The zero-order valence-electron chi connectivity index (χ0n) is 10.6. The van der Waals surface area contributed by atoms with Gasteiger partial charge < -0.3 is 10.6 Å². The van der Waals surface area contributed by atoms with Crippen LogP contribution in [0.4, 0.5) is 0 Å². The molecule has 0 radical (unpaired) electrons. The first-order valence-electron chi connectivity index (χ1n) is 6.12. The van der Waals surface area contributed by atoms with Crippen molar-refractivity contribution >= 4 is 5.91 Å². The molecule has 0 aliphatic carbocycles. The van der Waals surface area contributed by atoms with E-state index in [0.29, 0.717) is 19.1 Å². The van der Waals surface area contributed by atoms with Crippen molar-refractivity contribution in [2.45, 2.75) is 53.0 Å². The third kappa shape index (κ3) is 4.20. The zero-order chi connectivity index (χ0) is 11.8. The minimum absolute atomic E-state index is 0.122. The van der Waals surface area contributed by atoms with Crippen molar-refractivity contribution in [3.8, 4) is 0 Å². The Hall–Kier alpha value is -0.570. The van der Waals surface area contributed by atoms with Crippen LogP contribution in [-0.2, 0) is 4.79 Å². The van der Waals surface area contributed by atoms with E-state index in [1.54, 1.807) is 0 Å².